The number of nitrogens with zero attached hydrogens (tertiary/aromatic N) is 1. The molecule has 1 nitrogen and oxygen atoms in total. The molecule has 2 aliphatic rings. The largest absolute Gasteiger partial charge is 0.285 e. The zero-order valence-corrected chi connectivity index (χ0v) is 6.22. The third kappa shape index (κ3) is 0.821. The first kappa shape index (κ1) is 5.90. The number of hydrogen-bond donors (Lipinski definition) is 0. The van der Waals surface area contributed by atoms with Crippen LogP contribution in [0.3, 0.4) is 0 Å². The van der Waals surface area contributed by atoms with Crippen LogP contribution >= 0.6 is 0 Å². The molecule has 52 valence electrons. The van der Waals surface area contributed by atoms with Gasteiger partial charge in [0.25, 0.3) is 0 Å². The van der Waals surface area contributed by atoms with E-state index in [1.807, 2.05) is 0 Å². The number of fused-ring (bicyclic) bond motifs is 1. The van der Waals surface area contributed by atoms with E-state index in [0.29, 0.717) is 0 Å². The Balaban J connectivity index is 2.37. The molecular weight excluding hydrogens is 122 g/mol. The first-order valence-electron chi connectivity index (χ1n) is 3.77. The standard InChI is InChI=1S/C9H11N/c1-7-2-3-9-8(6-7)4-5-10-9/h4,6H,2-3,5H2,1H3. The minimum Gasteiger partial charge on any atom is -0.285 e. The molecular formula is C9H11N. The number of hydrogen-bond acceptors (Lipinski definition) is 1. The highest BCUT2D eigenvalue weighted by Crippen LogP contribution is 2.22. The van der Waals surface area contributed by atoms with Crippen LogP contribution < -0.4 is 0 Å². The van der Waals surface area contributed by atoms with Gasteiger partial charge in [0.05, 0.1) is 6.54 Å². The number of rotatable bonds is 0. The van der Waals surface area contributed by atoms with Gasteiger partial charge in [0.15, 0.2) is 0 Å². The van der Waals surface area contributed by atoms with E-state index in [-0.39, 0.29) is 0 Å². The third-order valence-corrected chi connectivity index (χ3v) is 2.08. The van der Waals surface area contributed by atoms with Crippen LogP contribution in [-0.4, -0.2) is 12.3 Å². The summed E-state index contributed by atoms with van der Waals surface area (Å²) in [5.41, 5.74) is 4.20. The maximum absolute atomic E-state index is 4.37. The lowest BCUT2D eigenvalue weighted by molar-refractivity contribution is 0.990. The lowest BCUT2D eigenvalue weighted by Gasteiger charge is -2.10. The summed E-state index contributed by atoms with van der Waals surface area (Å²) in [6.45, 7) is 3.10. The summed E-state index contributed by atoms with van der Waals surface area (Å²) in [4.78, 5) is 4.37. The normalized spacial score (nSPS) is 23.1. The van der Waals surface area contributed by atoms with Crippen LogP contribution in [0.5, 0.6) is 0 Å². The lowest BCUT2D eigenvalue weighted by atomic mass is 9.95. The van der Waals surface area contributed by atoms with Crippen molar-refractivity contribution in [2.45, 2.75) is 19.8 Å². The molecule has 1 aliphatic heterocycles. The molecule has 0 fully saturated rings. The van der Waals surface area contributed by atoms with Crippen LogP contribution in [0.15, 0.2) is 28.3 Å². The van der Waals surface area contributed by atoms with Crippen LogP contribution in [0.1, 0.15) is 19.8 Å². The summed E-state index contributed by atoms with van der Waals surface area (Å²) >= 11 is 0. The summed E-state index contributed by atoms with van der Waals surface area (Å²) in [6.07, 6.45) is 6.83. The van der Waals surface area contributed by atoms with Gasteiger partial charge in [-0.1, -0.05) is 17.7 Å². The Morgan fingerprint density at radius 2 is 2.30 bits per heavy atom. The minimum absolute atomic E-state index is 0.911. The van der Waals surface area contributed by atoms with E-state index < -0.39 is 0 Å². The summed E-state index contributed by atoms with van der Waals surface area (Å²) in [5.74, 6) is 0. The Morgan fingerprint density at radius 3 is 3.20 bits per heavy atom. The van der Waals surface area contributed by atoms with Crippen LogP contribution in [-0.2, 0) is 0 Å². The second-order valence-electron chi connectivity index (χ2n) is 2.94. The molecule has 0 N–H and O–H groups in total. The lowest BCUT2D eigenvalue weighted by Crippen LogP contribution is -2.03. The molecule has 2 rings (SSSR count). The second-order valence-corrected chi connectivity index (χ2v) is 2.94. The van der Waals surface area contributed by atoms with Crippen molar-refractivity contribution in [3.8, 4) is 0 Å². The quantitative estimate of drug-likeness (QED) is 0.480. The van der Waals surface area contributed by atoms with Gasteiger partial charge in [-0.2, -0.15) is 0 Å². The summed E-state index contributed by atoms with van der Waals surface area (Å²) in [6, 6.07) is 0. The van der Waals surface area contributed by atoms with Gasteiger partial charge in [-0.05, 0) is 25.3 Å². The van der Waals surface area contributed by atoms with Gasteiger partial charge in [-0.15, -0.1) is 0 Å². The molecule has 0 unspecified atom stereocenters. The van der Waals surface area contributed by atoms with Crippen molar-refractivity contribution in [1.82, 2.24) is 0 Å². The van der Waals surface area contributed by atoms with Crippen molar-refractivity contribution in [2.75, 3.05) is 6.54 Å². The van der Waals surface area contributed by atoms with E-state index in [1.54, 1.807) is 0 Å². The first-order chi connectivity index (χ1) is 4.86. The smallest absolute Gasteiger partial charge is 0.0583 e. The Labute approximate surface area is 61.2 Å². The van der Waals surface area contributed by atoms with Crippen molar-refractivity contribution in [3.63, 3.8) is 0 Å². The van der Waals surface area contributed by atoms with Crippen LogP contribution in [0.25, 0.3) is 0 Å². The van der Waals surface area contributed by atoms with Crippen molar-refractivity contribution in [3.05, 3.63) is 23.3 Å². The van der Waals surface area contributed by atoms with E-state index in [9.17, 15) is 0 Å². The Bertz CT molecular complexity index is 243. The van der Waals surface area contributed by atoms with Crippen molar-refractivity contribution < 1.29 is 0 Å². The molecule has 0 aromatic rings. The van der Waals surface area contributed by atoms with Gasteiger partial charge >= 0.3 is 0 Å². The Morgan fingerprint density at radius 1 is 1.40 bits per heavy atom. The molecule has 0 bridgehead atoms. The van der Waals surface area contributed by atoms with Crippen molar-refractivity contribution in [2.24, 2.45) is 4.99 Å². The first-order valence-corrected chi connectivity index (χ1v) is 3.77. The molecule has 0 atom stereocenters. The fraction of sp³-hybridized carbons (Fsp3) is 0.444. The van der Waals surface area contributed by atoms with Gasteiger partial charge in [0.1, 0.15) is 0 Å². The molecule has 0 aromatic carbocycles. The van der Waals surface area contributed by atoms with E-state index in [0.717, 1.165) is 13.0 Å². The third-order valence-electron chi connectivity index (χ3n) is 2.08. The SMILES string of the molecule is CC1=CC2=CCN=C2CC1. The molecule has 10 heavy (non-hydrogen) atoms. The topological polar surface area (TPSA) is 12.4 Å². The fourth-order valence-corrected chi connectivity index (χ4v) is 1.48. The molecule has 1 heteroatoms. The molecule has 1 heterocycles. The van der Waals surface area contributed by atoms with Crippen LogP contribution in [0.4, 0.5) is 0 Å². The average Bonchev–Trinajstić information content (AvgIpc) is 2.33. The molecule has 0 aromatic heterocycles. The monoisotopic (exact) mass is 133 g/mol. The summed E-state index contributed by atoms with van der Waals surface area (Å²) in [7, 11) is 0. The van der Waals surface area contributed by atoms with Crippen LogP contribution in [0.2, 0.25) is 0 Å². The molecule has 1 aliphatic carbocycles. The molecule has 0 saturated heterocycles. The highest BCUT2D eigenvalue weighted by atomic mass is 14.8. The van der Waals surface area contributed by atoms with Gasteiger partial charge < -0.3 is 0 Å². The number of aliphatic imine (C=N–C) groups is 1. The highest BCUT2D eigenvalue weighted by molar-refractivity contribution is 6.05. The Kier molecular flexibility index (Phi) is 1.23. The van der Waals surface area contributed by atoms with Crippen LogP contribution in [0, 0.1) is 0 Å². The van der Waals surface area contributed by atoms with E-state index in [1.165, 1.54) is 23.3 Å². The summed E-state index contributed by atoms with van der Waals surface area (Å²) < 4.78 is 0. The Hall–Kier alpha value is -0.850. The van der Waals surface area contributed by atoms with Crippen molar-refractivity contribution in [1.29, 1.82) is 0 Å². The highest BCUT2D eigenvalue weighted by Gasteiger charge is 2.13. The maximum Gasteiger partial charge on any atom is 0.0583 e. The average molecular weight is 133 g/mol. The molecule has 0 amide bonds. The molecule has 0 radical (unpaired) electrons. The molecule has 0 spiro atoms. The minimum atomic E-state index is 0.911. The molecule has 0 saturated carbocycles. The second kappa shape index (κ2) is 2.08. The zero-order chi connectivity index (χ0) is 6.97. The fourth-order valence-electron chi connectivity index (χ4n) is 1.48. The maximum atomic E-state index is 4.37. The van der Waals surface area contributed by atoms with Gasteiger partial charge in [0, 0.05) is 5.71 Å². The summed E-state index contributed by atoms with van der Waals surface area (Å²) in [5, 5.41) is 0. The van der Waals surface area contributed by atoms with Gasteiger partial charge in [0.2, 0.25) is 0 Å². The van der Waals surface area contributed by atoms with Crippen molar-refractivity contribution >= 4 is 5.71 Å². The predicted molar refractivity (Wildman–Crippen MR) is 43.4 cm³/mol. The number of allylic oxidation sites excluding steroid dienone is 3. The van der Waals surface area contributed by atoms with E-state index in [2.05, 4.69) is 24.1 Å². The van der Waals surface area contributed by atoms with Gasteiger partial charge in [-0.25, -0.2) is 0 Å². The van der Waals surface area contributed by atoms with E-state index >= 15 is 0 Å². The van der Waals surface area contributed by atoms with E-state index in [4.69, 9.17) is 0 Å². The zero-order valence-electron chi connectivity index (χ0n) is 6.22. The predicted octanol–water partition coefficient (Wildman–Crippen LogP) is 2.11. The van der Waals surface area contributed by atoms with Gasteiger partial charge in [-0.3, -0.25) is 4.99 Å².